The molecule has 10 atom stereocenters. The van der Waals surface area contributed by atoms with E-state index in [-0.39, 0.29) is 0 Å². The molecule has 2 saturated heterocycles. The van der Waals surface area contributed by atoms with Crippen molar-refractivity contribution in [3.63, 3.8) is 0 Å². The lowest BCUT2D eigenvalue weighted by molar-refractivity contribution is -0.359. The molecule has 31 heavy (non-hydrogen) atoms. The molecule has 2 fully saturated rings. The maximum Gasteiger partial charge on any atom is 0.187 e. The Kier molecular flexibility index (Phi) is 11.5. The molecule has 0 spiro atoms. The molecule has 2 rings (SSSR count). The van der Waals surface area contributed by atoms with Crippen LogP contribution in [0.3, 0.4) is 0 Å². The number of hydrogen-bond acceptors (Lipinski definition) is 11. The van der Waals surface area contributed by atoms with E-state index >= 15 is 0 Å². The molecular weight excluding hydrogens is 416 g/mol. The standard InChI is InChI=1S/C20H38O11/c1-2-3-4-5-6-7-8-28-19-17(27)15(25)18(12(10-22)30-19)31-20-16(26)14(24)13(23)11(9-21)29-20/h11-27H,2-10H2,1H3/t11-,12-,13+,14+,15-,16-,17-,18+,19+,20+/m1/s1. The molecule has 2 aliphatic rings. The quantitative estimate of drug-likeness (QED) is 0.162. The first-order valence-electron chi connectivity index (χ1n) is 11.1. The van der Waals surface area contributed by atoms with Crippen molar-refractivity contribution in [1.29, 1.82) is 0 Å². The van der Waals surface area contributed by atoms with Crippen LogP contribution in [0.25, 0.3) is 0 Å². The van der Waals surface area contributed by atoms with Gasteiger partial charge in [0.25, 0.3) is 0 Å². The van der Waals surface area contributed by atoms with E-state index in [2.05, 4.69) is 6.92 Å². The van der Waals surface area contributed by atoms with Crippen LogP contribution in [0.15, 0.2) is 0 Å². The van der Waals surface area contributed by atoms with Crippen LogP contribution in [0.2, 0.25) is 0 Å². The van der Waals surface area contributed by atoms with Gasteiger partial charge in [0.15, 0.2) is 12.6 Å². The van der Waals surface area contributed by atoms with Crippen LogP contribution in [0, 0.1) is 0 Å². The molecule has 0 saturated carbocycles. The van der Waals surface area contributed by atoms with Crippen molar-refractivity contribution in [2.24, 2.45) is 0 Å². The molecule has 184 valence electrons. The van der Waals surface area contributed by atoms with Crippen molar-refractivity contribution in [1.82, 2.24) is 0 Å². The Morgan fingerprint density at radius 2 is 1.23 bits per heavy atom. The molecule has 0 bridgehead atoms. The molecule has 0 aliphatic carbocycles. The zero-order valence-electron chi connectivity index (χ0n) is 17.9. The topological polar surface area (TPSA) is 179 Å². The Balaban J connectivity index is 1.90. The molecule has 0 aromatic rings. The van der Waals surface area contributed by atoms with Crippen LogP contribution in [0.4, 0.5) is 0 Å². The van der Waals surface area contributed by atoms with E-state index in [1.807, 2.05) is 0 Å². The zero-order valence-corrected chi connectivity index (χ0v) is 17.9. The molecule has 2 aliphatic heterocycles. The van der Waals surface area contributed by atoms with E-state index in [1.165, 1.54) is 6.42 Å². The van der Waals surface area contributed by atoms with E-state index in [0.717, 1.165) is 32.1 Å². The second-order valence-electron chi connectivity index (χ2n) is 8.14. The largest absolute Gasteiger partial charge is 0.394 e. The van der Waals surface area contributed by atoms with E-state index in [9.17, 15) is 35.7 Å². The van der Waals surface area contributed by atoms with Crippen LogP contribution in [-0.4, -0.2) is 117 Å². The van der Waals surface area contributed by atoms with E-state index < -0.39 is 74.6 Å². The molecule has 0 aromatic heterocycles. The first kappa shape index (κ1) is 26.8. The summed E-state index contributed by atoms with van der Waals surface area (Å²) in [5.41, 5.74) is 0. The lowest BCUT2D eigenvalue weighted by Crippen LogP contribution is -2.64. The fraction of sp³-hybridized carbons (Fsp3) is 1.00. The van der Waals surface area contributed by atoms with Gasteiger partial charge in [-0.1, -0.05) is 39.0 Å². The van der Waals surface area contributed by atoms with Gasteiger partial charge in [0.2, 0.25) is 0 Å². The maximum atomic E-state index is 10.5. The molecule has 0 aromatic carbocycles. The van der Waals surface area contributed by atoms with Gasteiger partial charge in [0, 0.05) is 6.61 Å². The summed E-state index contributed by atoms with van der Waals surface area (Å²) < 4.78 is 21.9. The fourth-order valence-electron chi connectivity index (χ4n) is 3.77. The minimum Gasteiger partial charge on any atom is -0.394 e. The molecule has 11 heteroatoms. The number of rotatable bonds is 12. The molecule has 0 amide bonds. The van der Waals surface area contributed by atoms with Crippen molar-refractivity contribution in [2.45, 2.75) is 107 Å². The van der Waals surface area contributed by atoms with Crippen LogP contribution in [0.5, 0.6) is 0 Å². The third-order valence-corrected chi connectivity index (χ3v) is 5.74. The Hall–Kier alpha value is -0.440. The predicted octanol–water partition coefficient (Wildman–Crippen LogP) is -2.01. The second-order valence-corrected chi connectivity index (χ2v) is 8.14. The fourth-order valence-corrected chi connectivity index (χ4v) is 3.77. The summed E-state index contributed by atoms with van der Waals surface area (Å²) in [6.07, 6.45) is -7.98. The molecule has 0 radical (unpaired) electrons. The second kappa shape index (κ2) is 13.3. The molecule has 2 heterocycles. The lowest BCUT2D eigenvalue weighted by Gasteiger charge is -2.45. The number of unbranched alkanes of at least 4 members (excludes halogenated alkanes) is 5. The maximum absolute atomic E-state index is 10.5. The van der Waals surface area contributed by atoms with Crippen LogP contribution in [-0.2, 0) is 18.9 Å². The molecule has 0 unspecified atom stereocenters. The molecule has 7 N–H and O–H groups in total. The van der Waals surface area contributed by atoms with E-state index in [4.69, 9.17) is 18.9 Å². The summed E-state index contributed by atoms with van der Waals surface area (Å²) in [6.45, 7) is 1.23. The Morgan fingerprint density at radius 3 is 1.87 bits per heavy atom. The average molecular weight is 455 g/mol. The zero-order chi connectivity index (χ0) is 23.0. The van der Waals surface area contributed by atoms with Crippen molar-refractivity contribution in [3.8, 4) is 0 Å². The van der Waals surface area contributed by atoms with Gasteiger partial charge in [-0.05, 0) is 6.42 Å². The third-order valence-electron chi connectivity index (χ3n) is 5.74. The number of aliphatic hydroxyl groups excluding tert-OH is 7. The third kappa shape index (κ3) is 7.02. The Labute approximate surface area is 182 Å². The number of aliphatic hydroxyl groups is 7. The van der Waals surface area contributed by atoms with Crippen LogP contribution >= 0.6 is 0 Å². The summed E-state index contributed by atoms with van der Waals surface area (Å²) in [5, 5.41) is 69.7. The van der Waals surface area contributed by atoms with Crippen molar-refractivity contribution in [2.75, 3.05) is 19.8 Å². The van der Waals surface area contributed by atoms with Gasteiger partial charge < -0.3 is 54.7 Å². The van der Waals surface area contributed by atoms with Gasteiger partial charge in [-0.25, -0.2) is 0 Å². The van der Waals surface area contributed by atoms with Gasteiger partial charge in [0.05, 0.1) is 13.2 Å². The highest BCUT2D eigenvalue weighted by atomic mass is 16.7. The SMILES string of the molecule is CCCCCCCCO[C@H]1O[C@H](CO)[C@H](O[C@@H]2O[C@H](CO)[C@H](O)[C@H](O)[C@H]2O)[C@H](O)[C@H]1O. The predicted molar refractivity (Wildman–Crippen MR) is 106 cm³/mol. The summed E-state index contributed by atoms with van der Waals surface area (Å²) in [6, 6.07) is 0. The van der Waals surface area contributed by atoms with E-state index in [1.54, 1.807) is 0 Å². The normalized spacial score (nSPS) is 41.4. The first-order chi connectivity index (χ1) is 14.8. The Bertz CT molecular complexity index is 492. The lowest BCUT2D eigenvalue weighted by atomic mass is 9.97. The summed E-state index contributed by atoms with van der Waals surface area (Å²) in [5.74, 6) is 0. The van der Waals surface area contributed by atoms with Crippen LogP contribution in [0.1, 0.15) is 45.4 Å². The average Bonchev–Trinajstić information content (AvgIpc) is 2.77. The summed E-state index contributed by atoms with van der Waals surface area (Å²) in [4.78, 5) is 0. The number of hydrogen-bond donors (Lipinski definition) is 7. The molecular formula is C20H38O11. The van der Waals surface area contributed by atoms with Gasteiger partial charge in [-0.3, -0.25) is 0 Å². The van der Waals surface area contributed by atoms with Gasteiger partial charge in [-0.15, -0.1) is 0 Å². The summed E-state index contributed by atoms with van der Waals surface area (Å²) in [7, 11) is 0. The first-order valence-corrected chi connectivity index (χ1v) is 11.1. The van der Waals surface area contributed by atoms with Crippen molar-refractivity contribution >= 4 is 0 Å². The minimum atomic E-state index is -1.69. The smallest absolute Gasteiger partial charge is 0.187 e. The highest BCUT2D eigenvalue weighted by molar-refractivity contribution is 4.94. The summed E-state index contributed by atoms with van der Waals surface area (Å²) >= 11 is 0. The van der Waals surface area contributed by atoms with Crippen LogP contribution < -0.4 is 0 Å². The van der Waals surface area contributed by atoms with Crippen molar-refractivity contribution in [3.05, 3.63) is 0 Å². The Morgan fingerprint density at radius 1 is 0.645 bits per heavy atom. The highest BCUT2D eigenvalue weighted by Gasteiger charge is 2.50. The minimum absolute atomic E-state index is 0.316. The van der Waals surface area contributed by atoms with Gasteiger partial charge >= 0.3 is 0 Å². The van der Waals surface area contributed by atoms with Crippen molar-refractivity contribution < 1.29 is 54.7 Å². The molecule has 11 nitrogen and oxygen atoms in total. The van der Waals surface area contributed by atoms with Gasteiger partial charge in [0.1, 0.15) is 48.8 Å². The van der Waals surface area contributed by atoms with Gasteiger partial charge in [-0.2, -0.15) is 0 Å². The highest BCUT2D eigenvalue weighted by Crippen LogP contribution is 2.29. The monoisotopic (exact) mass is 454 g/mol. The van der Waals surface area contributed by atoms with E-state index in [0.29, 0.717) is 6.61 Å². The number of ether oxygens (including phenoxy) is 4.